The molecule has 2 N–H and O–H groups in total. The molecule has 1 unspecified atom stereocenters. The van der Waals surface area contributed by atoms with Gasteiger partial charge in [-0.3, -0.25) is 5.10 Å². The zero-order valence-electron chi connectivity index (χ0n) is 6.92. The number of hydrogen-bond acceptors (Lipinski definition) is 2. The summed E-state index contributed by atoms with van der Waals surface area (Å²) in [6.45, 7) is 0. The van der Waals surface area contributed by atoms with E-state index in [9.17, 15) is 13.6 Å². The zero-order valence-corrected chi connectivity index (χ0v) is 6.92. The standard InChI is InChI=1S/C8H6F2N2O2/c9-8(10)3-1-2(3)4-5(7(13)14)11-12-6(4)8/h2-3H,1H2,(H,11,12)(H,13,14)/t2-,3?/m0/s1. The van der Waals surface area contributed by atoms with Gasteiger partial charge in [0.2, 0.25) is 0 Å². The highest BCUT2D eigenvalue weighted by Gasteiger charge is 2.66. The van der Waals surface area contributed by atoms with E-state index in [2.05, 4.69) is 10.2 Å². The number of aromatic nitrogens is 2. The summed E-state index contributed by atoms with van der Waals surface area (Å²) in [6.07, 6.45) is 0.375. The molecular formula is C8H6F2N2O2. The van der Waals surface area contributed by atoms with Crippen LogP contribution in [0.5, 0.6) is 0 Å². The summed E-state index contributed by atoms with van der Waals surface area (Å²) in [5.41, 5.74) is -0.326. The molecule has 0 aromatic carbocycles. The topological polar surface area (TPSA) is 66.0 Å². The lowest BCUT2D eigenvalue weighted by Crippen LogP contribution is -2.14. The molecule has 0 bridgehead atoms. The van der Waals surface area contributed by atoms with Crippen LogP contribution in [0.4, 0.5) is 8.78 Å². The Morgan fingerprint density at radius 1 is 1.64 bits per heavy atom. The molecule has 2 aliphatic rings. The predicted octanol–water partition coefficient (Wildman–Crippen LogP) is 1.32. The average molecular weight is 200 g/mol. The number of halogens is 2. The maximum atomic E-state index is 13.4. The van der Waals surface area contributed by atoms with Crippen molar-refractivity contribution in [3.8, 4) is 0 Å². The normalized spacial score (nSPS) is 31.0. The van der Waals surface area contributed by atoms with Gasteiger partial charge in [-0.05, 0) is 12.3 Å². The molecule has 2 atom stereocenters. The maximum Gasteiger partial charge on any atom is 0.356 e. The summed E-state index contributed by atoms with van der Waals surface area (Å²) in [7, 11) is 0. The van der Waals surface area contributed by atoms with Crippen LogP contribution in [0.15, 0.2) is 0 Å². The van der Waals surface area contributed by atoms with Crippen molar-refractivity contribution in [2.75, 3.05) is 0 Å². The molecule has 0 saturated heterocycles. The Hall–Kier alpha value is -1.46. The van der Waals surface area contributed by atoms with Gasteiger partial charge in [0.25, 0.3) is 5.92 Å². The number of alkyl halides is 2. The van der Waals surface area contributed by atoms with Crippen molar-refractivity contribution in [1.29, 1.82) is 0 Å². The van der Waals surface area contributed by atoms with Crippen LogP contribution in [0.25, 0.3) is 0 Å². The van der Waals surface area contributed by atoms with Crippen LogP contribution in [-0.4, -0.2) is 21.3 Å². The van der Waals surface area contributed by atoms with Crippen molar-refractivity contribution in [1.82, 2.24) is 10.2 Å². The monoisotopic (exact) mass is 200 g/mol. The SMILES string of the molecule is O=C(O)c1n[nH]c2c1[C@H]1CC1C2(F)F. The lowest BCUT2D eigenvalue weighted by molar-refractivity contribution is -0.0268. The van der Waals surface area contributed by atoms with E-state index in [1.807, 2.05) is 0 Å². The van der Waals surface area contributed by atoms with E-state index in [1.54, 1.807) is 0 Å². The number of fused-ring (bicyclic) bond motifs is 3. The number of aromatic carboxylic acids is 1. The molecule has 6 heteroatoms. The number of carbonyl (C=O) groups is 1. The number of H-pyrrole nitrogens is 1. The highest BCUT2D eigenvalue weighted by Crippen LogP contribution is 2.66. The van der Waals surface area contributed by atoms with E-state index < -0.39 is 17.8 Å². The smallest absolute Gasteiger partial charge is 0.356 e. The summed E-state index contributed by atoms with van der Waals surface area (Å²) >= 11 is 0. The number of carboxylic acids is 1. The summed E-state index contributed by atoms with van der Waals surface area (Å²) in [6, 6.07) is 0. The van der Waals surface area contributed by atoms with Gasteiger partial charge >= 0.3 is 5.97 Å². The number of rotatable bonds is 1. The Balaban J connectivity index is 2.22. The molecule has 1 fully saturated rings. The molecule has 0 spiro atoms. The minimum atomic E-state index is -2.92. The van der Waals surface area contributed by atoms with Gasteiger partial charge < -0.3 is 5.11 Å². The Kier molecular flexibility index (Phi) is 1.11. The van der Waals surface area contributed by atoms with Crippen molar-refractivity contribution >= 4 is 5.97 Å². The second-order valence-corrected chi connectivity index (χ2v) is 3.74. The second-order valence-electron chi connectivity index (χ2n) is 3.74. The summed E-state index contributed by atoms with van der Waals surface area (Å²) < 4.78 is 26.8. The Morgan fingerprint density at radius 2 is 2.36 bits per heavy atom. The molecule has 74 valence electrons. The molecular weight excluding hydrogens is 194 g/mol. The number of carboxylic acid groups (broad SMARTS) is 1. The van der Waals surface area contributed by atoms with Gasteiger partial charge in [0.05, 0.1) is 0 Å². The van der Waals surface area contributed by atoms with Crippen molar-refractivity contribution in [3.63, 3.8) is 0 Å². The van der Waals surface area contributed by atoms with E-state index in [0.29, 0.717) is 6.42 Å². The van der Waals surface area contributed by atoms with Gasteiger partial charge in [0.1, 0.15) is 5.69 Å². The molecule has 0 aliphatic heterocycles. The van der Waals surface area contributed by atoms with Gasteiger partial charge in [-0.1, -0.05) is 0 Å². The zero-order chi connectivity index (χ0) is 10.1. The van der Waals surface area contributed by atoms with Crippen LogP contribution in [0, 0.1) is 5.92 Å². The second kappa shape index (κ2) is 1.97. The Bertz CT molecular complexity index is 441. The van der Waals surface area contributed by atoms with Crippen molar-refractivity contribution in [3.05, 3.63) is 17.0 Å². The van der Waals surface area contributed by atoms with Gasteiger partial charge in [0.15, 0.2) is 5.69 Å². The molecule has 14 heavy (non-hydrogen) atoms. The fourth-order valence-corrected chi connectivity index (χ4v) is 2.23. The predicted molar refractivity (Wildman–Crippen MR) is 40.3 cm³/mol. The summed E-state index contributed by atoms with van der Waals surface area (Å²) in [5, 5.41) is 14.3. The molecule has 0 amide bonds. The van der Waals surface area contributed by atoms with Crippen molar-refractivity contribution in [2.45, 2.75) is 18.3 Å². The minimum absolute atomic E-state index is 0.215. The van der Waals surface area contributed by atoms with Crippen LogP contribution in [0.2, 0.25) is 0 Å². The van der Waals surface area contributed by atoms with Crippen LogP contribution >= 0.6 is 0 Å². The molecule has 2 aliphatic carbocycles. The van der Waals surface area contributed by atoms with Crippen molar-refractivity contribution in [2.24, 2.45) is 5.92 Å². The summed E-state index contributed by atoms with van der Waals surface area (Å²) in [5.74, 6) is -5.17. The molecule has 3 rings (SSSR count). The fourth-order valence-electron chi connectivity index (χ4n) is 2.23. The fraction of sp³-hybridized carbons (Fsp3) is 0.500. The molecule has 1 aromatic heterocycles. The quantitative estimate of drug-likeness (QED) is 0.718. The van der Waals surface area contributed by atoms with E-state index in [0.717, 1.165) is 0 Å². The van der Waals surface area contributed by atoms with Gasteiger partial charge in [0, 0.05) is 11.5 Å². The number of nitrogens with zero attached hydrogens (tertiary/aromatic N) is 1. The summed E-state index contributed by atoms with van der Waals surface area (Å²) in [4.78, 5) is 10.7. The molecule has 1 aromatic rings. The molecule has 4 nitrogen and oxygen atoms in total. The Labute approximate surface area is 76.9 Å². The lowest BCUT2D eigenvalue weighted by Gasteiger charge is -2.09. The van der Waals surface area contributed by atoms with E-state index in [1.165, 1.54) is 0 Å². The highest BCUT2D eigenvalue weighted by atomic mass is 19.3. The van der Waals surface area contributed by atoms with E-state index >= 15 is 0 Å². The highest BCUT2D eigenvalue weighted by molar-refractivity contribution is 5.88. The average Bonchev–Trinajstić information content (AvgIpc) is 2.70. The first kappa shape index (κ1) is 7.90. The van der Waals surface area contributed by atoms with Gasteiger partial charge in [-0.25, -0.2) is 4.79 Å². The number of hydrogen-bond donors (Lipinski definition) is 2. The number of nitrogens with one attached hydrogen (secondary N) is 1. The molecule has 0 radical (unpaired) electrons. The van der Waals surface area contributed by atoms with Crippen molar-refractivity contribution < 1.29 is 18.7 Å². The largest absolute Gasteiger partial charge is 0.476 e. The minimum Gasteiger partial charge on any atom is -0.476 e. The first-order valence-electron chi connectivity index (χ1n) is 4.23. The van der Waals surface area contributed by atoms with E-state index in [4.69, 9.17) is 5.11 Å². The maximum absolute atomic E-state index is 13.4. The first-order chi connectivity index (χ1) is 6.53. The lowest BCUT2D eigenvalue weighted by atomic mass is 10.1. The van der Waals surface area contributed by atoms with E-state index in [-0.39, 0.29) is 22.9 Å². The first-order valence-corrected chi connectivity index (χ1v) is 4.23. The van der Waals surface area contributed by atoms with Crippen LogP contribution in [0.3, 0.4) is 0 Å². The van der Waals surface area contributed by atoms with Gasteiger partial charge in [-0.2, -0.15) is 13.9 Å². The third kappa shape index (κ3) is 0.681. The Morgan fingerprint density at radius 3 is 3.00 bits per heavy atom. The van der Waals surface area contributed by atoms with Gasteiger partial charge in [-0.15, -0.1) is 0 Å². The molecule has 1 saturated carbocycles. The van der Waals surface area contributed by atoms with Crippen LogP contribution in [-0.2, 0) is 5.92 Å². The third-order valence-electron chi connectivity index (χ3n) is 2.97. The van der Waals surface area contributed by atoms with Crippen LogP contribution in [0.1, 0.15) is 34.1 Å². The number of aromatic amines is 1. The molecule has 1 heterocycles. The third-order valence-corrected chi connectivity index (χ3v) is 2.97. The van der Waals surface area contributed by atoms with Crippen LogP contribution < -0.4 is 0 Å².